The topological polar surface area (TPSA) is 98.7 Å². The van der Waals surface area contributed by atoms with Crippen molar-refractivity contribution >= 4 is 33.4 Å². The van der Waals surface area contributed by atoms with Crippen LogP contribution in [0.2, 0.25) is 0 Å². The lowest BCUT2D eigenvalue weighted by Gasteiger charge is -2.33. The Bertz CT molecular complexity index is 1500. The molecule has 6 nitrogen and oxygen atoms in total. The normalized spacial score (nSPS) is 20.3. The van der Waals surface area contributed by atoms with Gasteiger partial charge in [0.25, 0.3) is 11.8 Å². The van der Waals surface area contributed by atoms with Gasteiger partial charge in [-0.3, -0.25) is 9.59 Å². The minimum Gasteiger partial charge on any atom is -0.507 e. The Hall–Kier alpha value is -4.32. The lowest BCUT2D eigenvalue weighted by atomic mass is 9.89. The Kier molecular flexibility index (Phi) is 6.03. The third-order valence-electron chi connectivity index (χ3n) is 8.00. The number of fused-ring (bicyclic) bond motifs is 9. The van der Waals surface area contributed by atoms with E-state index in [2.05, 4.69) is 17.2 Å². The summed E-state index contributed by atoms with van der Waals surface area (Å²) in [5, 5.41) is 32.3. The Labute approximate surface area is 221 Å². The van der Waals surface area contributed by atoms with Crippen molar-refractivity contribution in [2.75, 3.05) is 0 Å². The maximum absolute atomic E-state index is 13.5. The highest BCUT2D eigenvalue weighted by molar-refractivity contribution is 6.05. The molecular formula is C32H30N2O4. The highest BCUT2D eigenvalue weighted by Gasteiger charge is 2.31. The molecule has 2 amide bonds. The van der Waals surface area contributed by atoms with Crippen molar-refractivity contribution in [2.24, 2.45) is 0 Å². The highest BCUT2D eigenvalue weighted by Crippen LogP contribution is 2.37. The number of nitrogens with one attached hydrogen (secondary N) is 2. The molecule has 2 aliphatic rings. The summed E-state index contributed by atoms with van der Waals surface area (Å²) in [6.07, 6.45) is 3.90. The maximum Gasteiger partial charge on any atom is 0.255 e. The number of benzene rings is 4. The standard InChI is InChI=1S/C32H30N2O4/c1-18-14-23-21-10-4-2-8-19(21)16-25(29(23)35)31(37)33-27-12-6-7-13-28(27)34-32(38)26-17-20-9-3-5-11-22(20)24(15-18)30(26)36/h2-5,8-11,16-17,27-28,35-36H,1,6-7,12-15H2,(H,33,37)(H,34,38)/t27-,28+. The molecule has 0 radical (unpaired) electrons. The van der Waals surface area contributed by atoms with E-state index in [1.165, 1.54) is 0 Å². The molecule has 6 heteroatoms. The second-order valence-electron chi connectivity index (χ2n) is 10.5. The molecule has 1 aliphatic heterocycles. The summed E-state index contributed by atoms with van der Waals surface area (Å²) in [7, 11) is 0. The fourth-order valence-corrected chi connectivity index (χ4v) is 6.06. The Balaban J connectivity index is 1.55. The van der Waals surface area contributed by atoms with Gasteiger partial charge in [-0.05, 0) is 59.4 Å². The summed E-state index contributed by atoms with van der Waals surface area (Å²) in [4.78, 5) is 27.0. The summed E-state index contributed by atoms with van der Waals surface area (Å²) >= 11 is 0. The Morgan fingerprint density at radius 3 is 1.55 bits per heavy atom. The van der Waals surface area contributed by atoms with Gasteiger partial charge < -0.3 is 20.8 Å². The smallest absolute Gasteiger partial charge is 0.255 e. The van der Waals surface area contributed by atoms with E-state index in [1.807, 2.05) is 48.5 Å². The lowest BCUT2D eigenvalue weighted by Crippen LogP contribution is -2.53. The van der Waals surface area contributed by atoms with Gasteiger partial charge in [-0.25, -0.2) is 0 Å². The molecule has 0 aromatic heterocycles. The summed E-state index contributed by atoms with van der Waals surface area (Å²) in [6.45, 7) is 4.28. The van der Waals surface area contributed by atoms with E-state index in [9.17, 15) is 19.8 Å². The molecule has 4 N–H and O–H groups in total. The first-order valence-corrected chi connectivity index (χ1v) is 13.2. The zero-order valence-electron chi connectivity index (χ0n) is 21.1. The average molecular weight is 507 g/mol. The minimum atomic E-state index is -0.365. The van der Waals surface area contributed by atoms with Gasteiger partial charge in [0.2, 0.25) is 0 Å². The molecule has 2 atom stereocenters. The number of hydrogen-bond acceptors (Lipinski definition) is 4. The third kappa shape index (κ3) is 4.16. The number of rotatable bonds is 0. The molecule has 1 heterocycles. The first-order chi connectivity index (χ1) is 18.4. The minimum absolute atomic E-state index is 0.0588. The number of allylic oxidation sites excluding steroid dienone is 1. The SMILES string of the molecule is C=C1Cc2c(O)c(cc3ccccc23)C(=O)N[C@H]2CCCC[C@H]2NC(=O)c2cc3ccccc3c(c2O)C1. The van der Waals surface area contributed by atoms with Crippen molar-refractivity contribution in [1.82, 2.24) is 10.6 Å². The molecule has 4 bridgehead atoms. The first kappa shape index (κ1) is 24.0. The number of amides is 2. The molecule has 1 aliphatic carbocycles. The van der Waals surface area contributed by atoms with Crippen molar-refractivity contribution in [2.45, 2.75) is 50.6 Å². The van der Waals surface area contributed by atoms with Crippen LogP contribution in [-0.2, 0) is 12.8 Å². The molecule has 4 aromatic carbocycles. The first-order valence-electron chi connectivity index (χ1n) is 13.2. The largest absolute Gasteiger partial charge is 0.507 e. The molecule has 0 spiro atoms. The van der Waals surface area contributed by atoms with E-state index < -0.39 is 0 Å². The van der Waals surface area contributed by atoms with Crippen LogP contribution in [0.1, 0.15) is 57.5 Å². The van der Waals surface area contributed by atoms with E-state index in [1.54, 1.807) is 12.1 Å². The maximum atomic E-state index is 13.5. The van der Waals surface area contributed by atoms with E-state index in [4.69, 9.17) is 0 Å². The summed E-state index contributed by atoms with van der Waals surface area (Å²) in [6, 6.07) is 18.2. The molecule has 38 heavy (non-hydrogen) atoms. The van der Waals surface area contributed by atoms with Crippen molar-refractivity contribution in [3.05, 3.63) is 95.1 Å². The fourth-order valence-electron chi connectivity index (χ4n) is 6.06. The van der Waals surface area contributed by atoms with Gasteiger partial charge in [0, 0.05) is 23.2 Å². The predicted octanol–water partition coefficient (Wildman–Crippen LogP) is 5.53. The molecule has 192 valence electrons. The van der Waals surface area contributed by atoms with Gasteiger partial charge in [-0.15, -0.1) is 0 Å². The van der Waals surface area contributed by atoms with Gasteiger partial charge >= 0.3 is 0 Å². The average Bonchev–Trinajstić information content (AvgIpc) is 2.92. The zero-order chi connectivity index (χ0) is 26.4. The van der Waals surface area contributed by atoms with Crippen LogP contribution in [-0.4, -0.2) is 34.1 Å². The number of phenolic OH excluding ortho intramolecular Hbond substituents is 2. The van der Waals surface area contributed by atoms with Crippen molar-refractivity contribution in [3.8, 4) is 11.5 Å². The summed E-state index contributed by atoms with van der Waals surface area (Å²) < 4.78 is 0. The van der Waals surface area contributed by atoms with Gasteiger partial charge in [-0.1, -0.05) is 73.5 Å². The van der Waals surface area contributed by atoms with Crippen LogP contribution in [0.4, 0.5) is 0 Å². The quantitative estimate of drug-likeness (QED) is 0.236. The van der Waals surface area contributed by atoms with Crippen molar-refractivity contribution in [1.29, 1.82) is 0 Å². The molecule has 1 saturated carbocycles. The monoisotopic (exact) mass is 506 g/mol. The Morgan fingerprint density at radius 2 is 1.11 bits per heavy atom. The van der Waals surface area contributed by atoms with Crippen LogP contribution >= 0.6 is 0 Å². The number of carbonyl (C=O) groups is 2. The second-order valence-corrected chi connectivity index (χ2v) is 10.5. The molecular weight excluding hydrogens is 476 g/mol. The summed E-state index contributed by atoms with van der Waals surface area (Å²) in [5.41, 5.74) is 2.42. The van der Waals surface area contributed by atoms with E-state index in [0.29, 0.717) is 36.8 Å². The van der Waals surface area contributed by atoms with Crippen LogP contribution in [0, 0.1) is 0 Å². The Morgan fingerprint density at radius 1 is 0.684 bits per heavy atom. The summed E-state index contributed by atoms with van der Waals surface area (Å²) in [5.74, 6) is -0.849. The third-order valence-corrected chi connectivity index (χ3v) is 8.00. The van der Waals surface area contributed by atoms with Crippen LogP contribution in [0.15, 0.2) is 72.8 Å². The van der Waals surface area contributed by atoms with E-state index in [-0.39, 0.29) is 46.5 Å². The van der Waals surface area contributed by atoms with E-state index >= 15 is 0 Å². The van der Waals surface area contributed by atoms with Crippen LogP contribution in [0.25, 0.3) is 21.5 Å². The van der Waals surface area contributed by atoms with Crippen LogP contribution in [0.3, 0.4) is 0 Å². The highest BCUT2D eigenvalue weighted by atomic mass is 16.3. The molecule has 6 rings (SSSR count). The lowest BCUT2D eigenvalue weighted by molar-refractivity contribution is 0.0859. The molecule has 0 saturated heterocycles. The molecule has 0 unspecified atom stereocenters. The number of carbonyl (C=O) groups excluding carboxylic acids is 2. The van der Waals surface area contributed by atoms with Crippen molar-refractivity contribution in [3.63, 3.8) is 0 Å². The van der Waals surface area contributed by atoms with Gasteiger partial charge in [0.15, 0.2) is 0 Å². The van der Waals surface area contributed by atoms with Crippen LogP contribution < -0.4 is 10.6 Å². The van der Waals surface area contributed by atoms with Crippen LogP contribution in [0.5, 0.6) is 11.5 Å². The van der Waals surface area contributed by atoms with Crippen molar-refractivity contribution < 1.29 is 19.8 Å². The number of hydrogen-bond donors (Lipinski definition) is 4. The predicted molar refractivity (Wildman–Crippen MR) is 149 cm³/mol. The zero-order valence-corrected chi connectivity index (χ0v) is 21.1. The fraction of sp³-hybridized carbons (Fsp3) is 0.250. The van der Waals surface area contributed by atoms with Gasteiger partial charge in [0.1, 0.15) is 11.5 Å². The number of aromatic hydroxyl groups is 2. The van der Waals surface area contributed by atoms with Gasteiger partial charge in [-0.2, -0.15) is 0 Å². The molecule has 4 aromatic rings. The number of phenols is 2. The second kappa shape index (κ2) is 9.53. The molecule has 1 fully saturated rings. The van der Waals surface area contributed by atoms with E-state index in [0.717, 1.165) is 40.0 Å². The van der Waals surface area contributed by atoms with Gasteiger partial charge in [0.05, 0.1) is 11.1 Å².